The summed E-state index contributed by atoms with van der Waals surface area (Å²) in [5, 5.41) is 0. The summed E-state index contributed by atoms with van der Waals surface area (Å²) >= 11 is 0. The quantitative estimate of drug-likeness (QED) is 0.835. The number of amides is 1. The summed E-state index contributed by atoms with van der Waals surface area (Å²) in [7, 11) is -3.06. The minimum atomic E-state index is -3.06. The fraction of sp³-hybridized carbons (Fsp3) is 0.562. The fourth-order valence-electron chi connectivity index (χ4n) is 2.99. The molecule has 1 saturated heterocycles. The molecule has 0 saturated carbocycles. The van der Waals surface area contributed by atoms with Crippen molar-refractivity contribution in [1.82, 2.24) is 4.90 Å². The Morgan fingerprint density at radius 3 is 2.68 bits per heavy atom. The lowest BCUT2D eigenvalue weighted by Gasteiger charge is -2.25. The van der Waals surface area contributed by atoms with Crippen LogP contribution in [0.3, 0.4) is 0 Å². The van der Waals surface area contributed by atoms with E-state index in [2.05, 4.69) is 0 Å². The molecule has 22 heavy (non-hydrogen) atoms. The molecule has 1 amide bonds. The van der Waals surface area contributed by atoms with E-state index in [1.807, 2.05) is 6.92 Å². The molecule has 1 fully saturated rings. The van der Waals surface area contributed by atoms with E-state index in [-0.39, 0.29) is 29.9 Å². The van der Waals surface area contributed by atoms with Gasteiger partial charge >= 0.3 is 0 Å². The number of rotatable bonds is 5. The normalized spacial score (nSPS) is 22.0. The lowest BCUT2D eigenvalue weighted by molar-refractivity contribution is -0.132. The van der Waals surface area contributed by atoms with Crippen molar-refractivity contribution < 1.29 is 17.6 Å². The molecule has 2 rings (SSSR count). The molecule has 0 radical (unpaired) electrons. The Morgan fingerprint density at radius 1 is 1.36 bits per heavy atom. The van der Waals surface area contributed by atoms with Crippen molar-refractivity contribution in [3.8, 4) is 0 Å². The number of nitrogens with zero attached hydrogens (tertiary/aromatic N) is 1. The molecule has 0 aromatic heterocycles. The van der Waals surface area contributed by atoms with Gasteiger partial charge in [0.05, 0.1) is 11.8 Å². The first-order valence-electron chi connectivity index (χ1n) is 7.49. The number of sulfone groups is 1. The second-order valence-corrected chi connectivity index (χ2v) is 8.42. The molecule has 122 valence electrons. The van der Waals surface area contributed by atoms with Gasteiger partial charge in [0.25, 0.3) is 0 Å². The van der Waals surface area contributed by atoms with E-state index in [0.717, 1.165) is 12.7 Å². The second-order valence-electron chi connectivity index (χ2n) is 6.16. The Balaban J connectivity index is 2.08. The first kappa shape index (κ1) is 16.9. The molecule has 1 heterocycles. The van der Waals surface area contributed by atoms with Crippen LogP contribution in [-0.2, 0) is 14.6 Å². The maximum Gasteiger partial charge on any atom is 0.223 e. The smallest absolute Gasteiger partial charge is 0.223 e. The van der Waals surface area contributed by atoms with Crippen molar-refractivity contribution in [1.29, 1.82) is 0 Å². The maximum absolute atomic E-state index is 14.0. The van der Waals surface area contributed by atoms with E-state index in [1.165, 1.54) is 6.07 Å². The number of likely N-dealkylation sites (tertiary alicyclic amines) is 1. The molecule has 0 bridgehead atoms. The summed E-state index contributed by atoms with van der Waals surface area (Å²) in [5.74, 6) is -0.0767. The van der Waals surface area contributed by atoms with E-state index in [9.17, 15) is 17.6 Å². The van der Waals surface area contributed by atoms with Crippen LogP contribution in [-0.4, -0.2) is 37.8 Å². The molecule has 1 aromatic rings. The first-order valence-corrected chi connectivity index (χ1v) is 9.55. The zero-order chi connectivity index (χ0) is 16.3. The number of carbonyl (C=O) groups is 1. The van der Waals surface area contributed by atoms with Gasteiger partial charge in [0.2, 0.25) is 5.91 Å². The Labute approximate surface area is 131 Å². The van der Waals surface area contributed by atoms with Gasteiger partial charge in [-0.15, -0.1) is 0 Å². The summed E-state index contributed by atoms with van der Waals surface area (Å²) < 4.78 is 36.3. The van der Waals surface area contributed by atoms with E-state index < -0.39 is 9.84 Å². The summed E-state index contributed by atoms with van der Waals surface area (Å²) in [6.07, 6.45) is 2.40. The van der Waals surface area contributed by atoms with Crippen LogP contribution in [0.5, 0.6) is 0 Å². The second kappa shape index (κ2) is 6.77. The zero-order valence-corrected chi connectivity index (χ0v) is 13.8. The predicted molar refractivity (Wildman–Crippen MR) is 83.6 cm³/mol. The first-order chi connectivity index (χ1) is 10.3. The fourth-order valence-corrected chi connectivity index (χ4v) is 3.66. The molecule has 0 spiro atoms. The summed E-state index contributed by atoms with van der Waals surface area (Å²) in [6, 6.07) is 6.28. The van der Waals surface area contributed by atoms with Crippen molar-refractivity contribution in [3.63, 3.8) is 0 Å². The minimum absolute atomic E-state index is 0.00645. The van der Waals surface area contributed by atoms with Crippen molar-refractivity contribution in [2.24, 2.45) is 5.92 Å². The topological polar surface area (TPSA) is 54.5 Å². The average Bonchev–Trinajstić information content (AvgIpc) is 2.79. The molecule has 4 nitrogen and oxygen atoms in total. The number of hydrogen-bond donors (Lipinski definition) is 0. The molecule has 6 heteroatoms. The van der Waals surface area contributed by atoms with Gasteiger partial charge in [-0.1, -0.05) is 25.1 Å². The highest BCUT2D eigenvalue weighted by Gasteiger charge is 2.35. The van der Waals surface area contributed by atoms with Crippen molar-refractivity contribution in [2.45, 2.75) is 32.2 Å². The van der Waals surface area contributed by atoms with Gasteiger partial charge in [-0.25, -0.2) is 12.8 Å². The molecular weight excluding hydrogens is 305 g/mol. The van der Waals surface area contributed by atoms with Crippen LogP contribution in [0, 0.1) is 11.7 Å². The maximum atomic E-state index is 14.0. The number of hydrogen-bond acceptors (Lipinski definition) is 3. The van der Waals surface area contributed by atoms with Crippen molar-refractivity contribution in [3.05, 3.63) is 35.6 Å². The van der Waals surface area contributed by atoms with Crippen LogP contribution in [0.1, 0.15) is 37.8 Å². The number of halogens is 1. The highest BCUT2D eigenvalue weighted by atomic mass is 32.2. The molecule has 0 N–H and O–H groups in total. The van der Waals surface area contributed by atoms with Crippen LogP contribution in [0.4, 0.5) is 4.39 Å². The van der Waals surface area contributed by atoms with E-state index in [4.69, 9.17) is 0 Å². The lowest BCUT2D eigenvalue weighted by atomic mass is 10.0. The highest BCUT2D eigenvalue weighted by molar-refractivity contribution is 7.90. The van der Waals surface area contributed by atoms with Gasteiger partial charge < -0.3 is 4.90 Å². The average molecular weight is 327 g/mol. The van der Waals surface area contributed by atoms with E-state index in [1.54, 1.807) is 23.1 Å². The molecule has 1 aliphatic rings. The van der Waals surface area contributed by atoms with Crippen LogP contribution in [0.15, 0.2) is 24.3 Å². The van der Waals surface area contributed by atoms with Crippen LogP contribution >= 0.6 is 0 Å². The molecule has 1 aliphatic heterocycles. The Hall–Kier alpha value is -1.43. The standard InChI is InChI=1S/C16H22FNO3S/c1-12-10-15(13-6-3-4-7-14(13)17)18(11-12)16(19)8-5-9-22(2,20)21/h3-4,6-7,12,15H,5,8-11H2,1-2H3. The number of benzene rings is 1. The SMILES string of the molecule is CC1CC(c2ccccc2F)N(C(=O)CCCS(C)(=O)=O)C1. The van der Waals surface area contributed by atoms with Crippen LogP contribution in [0.25, 0.3) is 0 Å². The summed E-state index contributed by atoms with van der Waals surface area (Å²) in [6.45, 7) is 2.63. The zero-order valence-electron chi connectivity index (χ0n) is 13.0. The van der Waals surface area contributed by atoms with Gasteiger partial charge in [0.1, 0.15) is 15.7 Å². The van der Waals surface area contributed by atoms with Crippen LogP contribution in [0.2, 0.25) is 0 Å². The predicted octanol–water partition coefficient (Wildman–Crippen LogP) is 2.56. The van der Waals surface area contributed by atoms with Gasteiger partial charge in [-0.2, -0.15) is 0 Å². The summed E-state index contributed by atoms with van der Waals surface area (Å²) in [4.78, 5) is 14.1. The van der Waals surface area contributed by atoms with E-state index >= 15 is 0 Å². The van der Waals surface area contributed by atoms with Crippen molar-refractivity contribution >= 4 is 15.7 Å². The minimum Gasteiger partial charge on any atom is -0.335 e. The van der Waals surface area contributed by atoms with Gasteiger partial charge in [0, 0.05) is 24.8 Å². The number of carbonyl (C=O) groups excluding carboxylic acids is 1. The van der Waals surface area contributed by atoms with Gasteiger partial charge in [-0.05, 0) is 24.8 Å². The molecule has 1 aromatic carbocycles. The largest absolute Gasteiger partial charge is 0.335 e. The molecular formula is C16H22FNO3S. The van der Waals surface area contributed by atoms with Crippen LogP contribution < -0.4 is 0 Å². The third kappa shape index (κ3) is 4.29. The van der Waals surface area contributed by atoms with Gasteiger partial charge in [0.15, 0.2) is 0 Å². The molecule has 2 atom stereocenters. The molecule has 0 aliphatic carbocycles. The Bertz CT molecular complexity index is 645. The lowest BCUT2D eigenvalue weighted by Crippen LogP contribution is -2.31. The Morgan fingerprint density at radius 2 is 2.05 bits per heavy atom. The summed E-state index contributed by atoms with van der Waals surface area (Å²) in [5.41, 5.74) is 0.545. The third-order valence-electron chi connectivity index (χ3n) is 4.00. The third-order valence-corrected chi connectivity index (χ3v) is 5.03. The van der Waals surface area contributed by atoms with E-state index in [0.29, 0.717) is 24.4 Å². The molecule has 2 unspecified atom stereocenters. The Kier molecular flexibility index (Phi) is 5.21. The highest BCUT2D eigenvalue weighted by Crippen LogP contribution is 2.36. The monoisotopic (exact) mass is 327 g/mol. The van der Waals surface area contributed by atoms with Crippen molar-refractivity contribution in [2.75, 3.05) is 18.6 Å². The van der Waals surface area contributed by atoms with Gasteiger partial charge in [-0.3, -0.25) is 4.79 Å².